The first-order chi connectivity index (χ1) is 34.3. The van der Waals surface area contributed by atoms with Gasteiger partial charge in [0.15, 0.2) is 31.5 Å². The fourth-order valence-corrected chi connectivity index (χ4v) is 10.6. The van der Waals surface area contributed by atoms with Crippen LogP contribution in [0, 0.1) is 0 Å². The van der Waals surface area contributed by atoms with E-state index in [2.05, 4.69) is 4.52 Å². The van der Waals surface area contributed by atoms with Crippen molar-refractivity contribution in [1.82, 2.24) is 0 Å². The number of aliphatic hydroxyl groups excluding tert-OH is 17. The Kier molecular flexibility index (Phi) is 20.1. The van der Waals surface area contributed by atoms with Crippen LogP contribution >= 0.6 is 16.1 Å². The second-order valence-corrected chi connectivity index (χ2v) is 20.2. The highest BCUT2D eigenvalue weighted by Crippen LogP contribution is 2.56. The molecule has 0 spiro atoms. The van der Waals surface area contributed by atoms with Crippen LogP contribution in [0.2, 0.25) is 0 Å². The average molecular weight is 1110 g/mol. The molecule has 7 rings (SSSR count). The highest BCUT2D eigenvalue weighted by atomic mass is 31.2. The molecule has 35 nitrogen and oxygen atoms in total. The van der Waals surface area contributed by atoms with Crippen LogP contribution < -0.4 is 5.73 Å². The molecule has 0 amide bonds. The monoisotopic (exact) mass is 1110 g/mol. The van der Waals surface area contributed by atoms with Gasteiger partial charge in [0.25, 0.3) is 0 Å². The SMILES string of the molecule is N[C@H]1[C@@H](O[C@@H]2[C@@H](O)[C@H](O)[C@@H](O)[C@H]3OP(=O)(O)O[C@H]32)O[C@H](CO)[C@@H](O[C@H]2O[C@H](CO[C@H]3O[C@H](CO)[C@@H](O)[C@H](O)[C@@H]3O[C@H]3O[C@H](CO[P+](=O)O)[C@@H](O)[C@H](O)[C@@H]3O[C@H]3O[C@H](CO)[C@@H](O)[C@H](O)[C@@H]3O)[C@@H](O)[C@H](O)[C@@H]2O)[C@@H]1O. The minimum absolute atomic E-state index is 0.920. The van der Waals surface area contributed by atoms with Crippen molar-refractivity contribution < 1.29 is 167 Å². The summed E-state index contributed by atoms with van der Waals surface area (Å²) in [7, 11) is -8.16. The maximum atomic E-state index is 12.2. The van der Waals surface area contributed by atoms with Gasteiger partial charge in [-0.15, -0.1) is 9.42 Å². The first kappa shape index (κ1) is 59.7. The van der Waals surface area contributed by atoms with Gasteiger partial charge in [-0.05, 0) is 0 Å². The predicted molar refractivity (Wildman–Crippen MR) is 217 cm³/mol. The van der Waals surface area contributed by atoms with Crippen molar-refractivity contribution in [1.29, 1.82) is 0 Å². The molecule has 424 valence electrons. The van der Waals surface area contributed by atoms with Gasteiger partial charge < -0.3 is 145 Å². The van der Waals surface area contributed by atoms with E-state index >= 15 is 0 Å². The molecule has 6 aliphatic heterocycles. The third-order valence-corrected chi connectivity index (χ3v) is 14.7. The highest BCUT2D eigenvalue weighted by Gasteiger charge is 2.62. The fourth-order valence-electron chi connectivity index (χ4n) is 9.20. The normalized spacial score (nSPS) is 54.0. The minimum Gasteiger partial charge on any atom is -0.394 e. The molecule has 33 atom stereocenters. The number of rotatable bonds is 17. The zero-order valence-corrected chi connectivity index (χ0v) is 39.3. The van der Waals surface area contributed by atoms with Gasteiger partial charge in [0, 0.05) is 4.57 Å². The molecule has 0 aromatic carbocycles. The lowest BCUT2D eigenvalue weighted by molar-refractivity contribution is -0.396. The summed E-state index contributed by atoms with van der Waals surface area (Å²) < 4.78 is 94.8. The third kappa shape index (κ3) is 12.4. The summed E-state index contributed by atoms with van der Waals surface area (Å²) in [6, 6.07) is -1.73. The average Bonchev–Trinajstić information content (AvgIpc) is 3.69. The number of phosphoric acid groups is 1. The standard InChI is InChI=1S/C36H61NO34P2/c37-11-16(45)26(8(3-40)63-32(11)67-27-22(51)19(48)23(52)28-31(27)71-73(57,58)70-28)66-34-25(54)18(47)14(43)9(64-34)4-59-35-29(20(49)13(42)7(2-39)62-35)69-36-30(21(50)15(44)10(65-36)5-60-72(55)56)68-33-24(53)17(46)12(41)6(1-38)61-33/h6-36,38-54H,1-5,37H2,(H-,55,56,57,58)/p+1/t6-,7-,8-,9-,10-,11-,12-,13-,14-,15-,16-,17+,18+,19+,20+,21+,22+,23-,24+,25+,26-,27-,28-,29+,30+,31+,32-,33-,34-,35+,36-/m1/s1. The lowest BCUT2D eigenvalue weighted by Crippen LogP contribution is -2.69. The zero-order chi connectivity index (χ0) is 53.7. The summed E-state index contributed by atoms with van der Waals surface area (Å²) in [5, 5.41) is 181. The predicted octanol–water partition coefficient (Wildman–Crippen LogP) is -12.9. The van der Waals surface area contributed by atoms with Crippen LogP contribution in [-0.2, 0) is 70.1 Å². The molecular weight excluding hydrogens is 1050 g/mol. The number of nitrogens with two attached hydrogens (primary N) is 1. The van der Waals surface area contributed by atoms with E-state index in [1.54, 1.807) is 0 Å². The van der Waals surface area contributed by atoms with Gasteiger partial charge >= 0.3 is 16.1 Å². The quantitative estimate of drug-likeness (QED) is 0.0601. The maximum absolute atomic E-state index is 12.2. The van der Waals surface area contributed by atoms with Crippen molar-refractivity contribution in [2.75, 3.05) is 33.0 Å². The Bertz CT molecular complexity index is 1850. The van der Waals surface area contributed by atoms with Crippen LogP contribution in [-0.4, -0.2) is 320 Å². The van der Waals surface area contributed by atoms with E-state index < -0.39 is 239 Å². The maximum Gasteiger partial charge on any atom is 0.694 e. The minimum atomic E-state index is -4.83. The highest BCUT2D eigenvalue weighted by molar-refractivity contribution is 7.47. The number of hydrogen-bond donors (Lipinski definition) is 20. The number of aliphatic hydroxyl groups is 17. The summed E-state index contributed by atoms with van der Waals surface area (Å²) in [6.07, 6.45) is -58.7. The van der Waals surface area contributed by atoms with Crippen molar-refractivity contribution >= 4 is 16.1 Å². The molecule has 6 heterocycles. The topological polar surface area (TPSA) is 565 Å². The Morgan fingerprint density at radius 3 is 1.40 bits per heavy atom. The van der Waals surface area contributed by atoms with Gasteiger partial charge in [-0.1, -0.05) is 0 Å². The van der Waals surface area contributed by atoms with Crippen LogP contribution in [0.3, 0.4) is 0 Å². The molecule has 73 heavy (non-hydrogen) atoms. The fraction of sp³-hybridized carbons (Fsp3) is 1.00. The molecular formula is C36H62NO34P2+. The van der Waals surface area contributed by atoms with Gasteiger partial charge in [0.2, 0.25) is 0 Å². The second-order valence-electron chi connectivity index (χ2n) is 18.1. The molecule has 21 N–H and O–H groups in total. The number of ether oxygens (including phenoxy) is 10. The molecule has 0 bridgehead atoms. The van der Waals surface area contributed by atoms with Crippen molar-refractivity contribution in [2.24, 2.45) is 5.73 Å². The van der Waals surface area contributed by atoms with Crippen LogP contribution in [0.4, 0.5) is 0 Å². The first-order valence-corrected chi connectivity index (χ1v) is 25.1. The van der Waals surface area contributed by atoms with E-state index in [1.165, 1.54) is 0 Å². The Balaban J connectivity index is 1.06. The molecule has 0 radical (unpaired) electrons. The molecule has 0 aromatic rings. The molecule has 6 saturated heterocycles. The van der Waals surface area contributed by atoms with E-state index in [0.29, 0.717) is 0 Å². The number of fused-ring (bicyclic) bond motifs is 1. The molecule has 37 heteroatoms. The summed E-state index contributed by atoms with van der Waals surface area (Å²) in [5.74, 6) is 0. The van der Waals surface area contributed by atoms with Crippen LogP contribution in [0.1, 0.15) is 0 Å². The molecule has 1 saturated carbocycles. The van der Waals surface area contributed by atoms with E-state index in [-0.39, 0.29) is 0 Å². The van der Waals surface area contributed by atoms with Gasteiger partial charge in [-0.3, -0.25) is 9.05 Å². The van der Waals surface area contributed by atoms with Crippen molar-refractivity contribution in [3.8, 4) is 0 Å². The van der Waals surface area contributed by atoms with E-state index in [4.69, 9.17) is 62.1 Å². The molecule has 0 aromatic heterocycles. The summed E-state index contributed by atoms with van der Waals surface area (Å²) >= 11 is 0. The van der Waals surface area contributed by atoms with Crippen molar-refractivity contribution in [3.63, 3.8) is 0 Å². The molecule has 1 aliphatic carbocycles. The largest absolute Gasteiger partial charge is 0.694 e. The van der Waals surface area contributed by atoms with Gasteiger partial charge in [-0.2, -0.15) is 0 Å². The van der Waals surface area contributed by atoms with Gasteiger partial charge in [0.1, 0.15) is 159 Å². The molecule has 2 unspecified atom stereocenters. The Labute approximate surface area is 411 Å². The Morgan fingerprint density at radius 2 is 0.822 bits per heavy atom. The zero-order valence-electron chi connectivity index (χ0n) is 37.5. The summed E-state index contributed by atoms with van der Waals surface area (Å²) in [4.78, 5) is 19.1. The van der Waals surface area contributed by atoms with Crippen LogP contribution in [0.15, 0.2) is 0 Å². The van der Waals surface area contributed by atoms with Gasteiger partial charge in [-0.25, -0.2) is 4.57 Å². The first-order valence-electron chi connectivity index (χ1n) is 22.4. The smallest absolute Gasteiger partial charge is 0.394 e. The Hall–Kier alpha value is -0.990. The second kappa shape index (κ2) is 24.6. The molecule has 7 aliphatic rings. The van der Waals surface area contributed by atoms with Crippen LogP contribution in [0.25, 0.3) is 0 Å². The van der Waals surface area contributed by atoms with E-state index in [0.717, 1.165) is 0 Å². The molecule has 7 fully saturated rings. The number of phosphoric ester groups is 1. The Morgan fingerprint density at radius 1 is 0.425 bits per heavy atom. The van der Waals surface area contributed by atoms with Crippen molar-refractivity contribution in [2.45, 2.75) is 190 Å². The summed E-state index contributed by atoms with van der Waals surface area (Å²) in [6.45, 7) is -4.83. The van der Waals surface area contributed by atoms with Crippen molar-refractivity contribution in [3.05, 3.63) is 0 Å². The van der Waals surface area contributed by atoms with Gasteiger partial charge in [0.05, 0.1) is 32.5 Å². The third-order valence-electron chi connectivity index (χ3n) is 13.4. The van der Waals surface area contributed by atoms with Crippen LogP contribution in [0.5, 0.6) is 0 Å². The van der Waals surface area contributed by atoms with E-state index in [9.17, 15) is 106 Å². The van der Waals surface area contributed by atoms with E-state index in [1.807, 2.05) is 0 Å². The lowest BCUT2D eigenvalue weighted by atomic mass is 9.84. The number of hydrogen-bond acceptors (Lipinski definition) is 33. The summed E-state index contributed by atoms with van der Waals surface area (Å²) in [5.41, 5.74) is 6.20. The lowest BCUT2D eigenvalue weighted by Gasteiger charge is -2.49.